The lowest BCUT2D eigenvalue weighted by Crippen LogP contribution is -2.19. The zero-order chi connectivity index (χ0) is 19.6. The number of ether oxygens (including phenoxy) is 1. The van der Waals surface area contributed by atoms with E-state index < -0.39 is 0 Å². The van der Waals surface area contributed by atoms with Crippen molar-refractivity contribution < 1.29 is 13.9 Å². The summed E-state index contributed by atoms with van der Waals surface area (Å²) in [5, 5.41) is 8.86. The van der Waals surface area contributed by atoms with Gasteiger partial charge in [-0.15, -0.1) is 0 Å². The average molecular weight is 387 g/mol. The first-order valence-corrected chi connectivity index (χ1v) is 9.84. The van der Waals surface area contributed by atoms with Gasteiger partial charge >= 0.3 is 0 Å². The SMILES string of the molecule is O=C(Nc1cccc(-c2nn(C3CCCCO3)c3ccccc23)c1)c1ccco1. The fourth-order valence-corrected chi connectivity index (χ4v) is 3.78. The Morgan fingerprint density at radius 1 is 1.07 bits per heavy atom. The molecule has 2 aromatic heterocycles. The number of benzene rings is 2. The third kappa shape index (κ3) is 3.43. The van der Waals surface area contributed by atoms with Crippen molar-refractivity contribution in [2.24, 2.45) is 0 Å². The highest BCUT2D eigenvalue weighted by Crippen LogP contribution is 2.33. The Morgan fingerprint density at radius 2 is 2.00 bits per heavy atom. The summed E-state index contributed by atoms with van der Waals surface area (Å²) < 4.78 is 13.1. The van der Waals surface area contributed by atoms with Crippen molar-refractivity contribution in [2.45, 2.75) is 25.5 Å². The molecule has 6 nitrogen and oxygen atoms in total. The Morgan fingerprint density at radius 3 is 2.83 bits per heavy atom. The van der Waals surface area contributed by atoms with Gasteiger partial charge in [-0.25, -0.2) is 4.68 Å². The summed E-state index contributed by atoms with van der Waals surface area (Å²) in [6, 6.07) is 19.2. The molecule has 2 aromatic carbocycles. The maximum atomic E-state index is 12.3. The number of furan rings is 1. The van der Waals surface area contributed by atoms with Crippen molar-refractivity contribution in [3.05, 3.63) is 72.7 Å². The first-order valence-electron chi connectivity index (χ1n) is 9.84. The van der Waals surface area contributed by atoms with Crippen LogP contribution < -0.4 is 5.32 Å². The zero-order valence-corrected chi connectivity index (χ0v) is 15.9. The van der Waals surface area contributed by atoms with Gasteiger partial charge in [0.25, 0.3) is 5.91 Å². The minimum Gasteiger partial charge on any atom is -0.459 e. The molecule has 0 spiro atoms. The molecule has 1 N–H and O–H groups in total. The first kappa shape index (κ1) is 17.7. The number of nitrogens with zero attached hydrogens (tertiary/aromatic N) is 2. The Balaban J connectivity index is 1.51. The summed E-state index contributed by atoms with van der Waals surface area (Å²) in [7, 11) is 0. The van der Waals surface area contributed by atoms with Crippen molar-refractivity contribution in [3.8, 4) is 11.3 Å². The van der Waals surface area contributed by atoms with Crippen molar-refractivity contribution in [1.29, 1.82) is 0 Å². The van der Waals surface area contributed by atoms with Crippen LogP contribution in [-0.2, 0) is 4.74 Å². The lowest BCUT2D eigenvalue weighted by Gasteiger charge is -2.23. The van der Waals surface area contributed by atoms with Crippen molar-refractivity contribution in [1.82, 2.24) is 9.78 Å². The van der Waals surface area contributed by atoms with Gasteiger partial charge in [0, 0.05) is 23.2 Å². The predicted molar refractivity (Wildman–Crippen MR) is 111 cm³/mol. The summed E-state index contributed by atoms with van der Waals surface area (Å²) in [5.41, 5.74) is 3.56. The molecule has 146 valence electrons. The quantitative estimate of drug-likeness (QED) is 0.519. The largest absolute Gasteiger partial charge is 0.459 e. The molecule has 0 saturated carbocycles. The number of nitrogens with one attached hydrogen (secondary N) is 1. The van der Waals surface area contributed by atoms with Gasteiger partial charge in [-0.1, -0.05) is 30.3 Å². The smallest absolute Gasteiger partial charge is 0.291 e. The number of hydrogen-bond acceptors (Lipinski definition) is 4. The lowest BCUT2D eigenvalue weighted by atomic mass is 10.1. The number of aromatic nitrogens is 2. The summed E-state index contributed by atoms with van der Waals surface area (Å²) in [5.74, 6) is -0.00211. The monoisotopic (exact) mass is 387 g/mol. The number of rotatable bonds is 4. The molecular formula is C23H21N3O3. The zero-order valence-electron chi connectivity index (χ0n) is 15.9. The first-order chi connectivity index (χ1) is 14.3. The molecule has 6 heteroatoms. The second kappa shape index (κ2) is 7.56. The van der Waals surface area contributed by atoms with Crippen molar-refractivity contribution in [3.63, 3.8) is 0 Å². The van der Waals surface area contributed by atoms with Crippen molar-refractivity contribution >= 4 is 22.5 Å². The average Bonchev–Trinajstić information content (AvgIpc) is 3.43. The highest BCUT2D eigenvalue weighted by atomic mass is 16.5. The number of para-hydroxylation sites is 1. The molecule has 1 atom stereocenters. The van der Waals surface area contributed by atoms with E-state index in [1.54, 1.807) is 12.1 Å². The van der Waals surface area contributed by atoms with Crippen LogP contribution in [0.25, 0.3) is 22.2 Å². The van der Waals surface area contributed by atoms with E-state index in [0.29, 0.717) is 5.69 Å². The molecule has 1 saturated heterocycles. The molecule has 4 aromatic rings. The molecule has 0 aliphatic carbocycles. The Labute approximate surface area is 168 Å². The Bertz CT molecular complexity index is 1140. The van der Waals surface area contributed by atoms with E-state index >= 15 is 0 Å². The molecular weight excluding hydrogens is 366 g/mol. The molecule has 29 heavy (non-hydrogen) atoms. The van der Waals surface area contributed by atoms with Crippen LogP contribution >= 0.6 is 0 Å². The van der Waals surface area contributed by atoms with Crippen molar-refractivity contribution in [2.75, 3.05) is 11.9 Å². The van der Waals surface area contributed by atoms with E-state index in [0.717, 1.165) is 48.0 Å². The second-order valence-electron chi connectivity index (χ2n) is 7.14. The lowest BCUT2D eigenvalue weighted by molar-refractivity contribution is -0.0365. The maximum absolute atomic E-state index is 12.3. The van der Waals surface area contributed by atoms with Gasteiger partial charge in [-0.3, -0.25) is 4.79 Å². The van der Waals surface area contributed by atoms with Crippen LogP contribution in [0.1, 0.15) is 36.0 Å². The van der Waals surface area contributed by atoms with E-state index in [4.69, 9.17) is 14.3 Å². The molecule has 5 rings (SSSR count). The van der Waals surface area contributed by atoms with E-state index in [-0.39, 0.29) is 17.9 Å². The summed E-state index contributed by atoms with van der Waals surface area (Å²) in [6.45, 7) is 0.766. The van der Waals surface area contributed by atoms with Crippen LogP contribution in [0.5, 0.6) is 0 Å². The van der Waals surface area contributed by atoms with E-state index in [1.165, 1.54) is 6.26 Å². The van der Waals surface area contributed by atoms with Crippen LogP contribution in [0.2, 0.25) is 0 Å². The van der Waals surface area contributed by atoms with Crippen LogP contribution in [-0.4, -0.2) is 22.3 Å². The van der Waals surface area contributed by atoms with Gasteiger partial charge in [0.15, 0.2) is 12.0 Å². The number of anilines is 1. The number of amides is 1. The van der Waals surface area contributed by atoms with Crippen LogP contribution in [0.3, 0.4) is 0 Å². The predicted octanol–water partition coefficient (Wildman–Crippen LogP) is 5.25. The molecule has 1 aliphatic rings. The van der Waals surface area contributed by atoms with Crippen LogP contribution in [0.4, 0.5) is 5.69 Å². The molecule has 0 radical (unpaired) electrons. The standard InChI is InChI=1S/C23H21N3O3/c27-23(20-11-6-14-28-20)24-17-8-5-7-16(15-17)22-18-9-1-2-10-19(18)26(25-22)21-12-3-4-13-29-21/h1-2,5-11,14-15,21H,3-4,12-13H2,(H,24,27). The van der Waals surface area contributed by atoms with E-state index in [1.807, 2.05) is 41.1 Å². The minimum atomic E-state index is -0.279. The highest BCUT2D eigenvalue weighted by molar-refractivity contribution is 6.03. The number of hydrogen-bond donors (Lipinski definition) is 1. The van der Waals surface area contributed by atoms with E-state index in [2.05, 4.69) is 17.4 Å². The number of fused-ring (bicyclic) bond motifs is 1. The van der Waals surface area contributed by atoms with Gasteiger partial charge in [0.2, 0.25) is 0 Å². The fraction of sp³-hybridized carbons (Fsp3) is 0.217. The summed E-state index contributed by atoms with van der Waals surface area (Å²) >= 11 is 0. The molecule has 1 unspecified atom stereocenters. The van der Waals surface area contributed by atoms with E-state index in [9.17, 15) is 4.79 Å². The summed E-state index contributed by atoms with van der Waals surface area (Å²) in [4.78, 5) is 12.3. The van der Waals surface area contributed by atoms with Gasteiger partial charge in [0.05, 0.1) is 11.8 Å². The number of carbonyl (C=O) groups is 1. The van der Waals surface area contributed by atoms with Gasteiger partial charge in [0.1, 0.15) is 5.69 Å². The fourth-order valence-electron chi connectivity index (χ4n) is 3.78. The van der Waals surface area contributed by atoms with Gasteiger partial charge < -0.3 is 14.5 Å². The highest BCUT2D eigenvalue weighted by Gasteiger charge is 2.21. The number of carbonyl (C=O) groups excluding carboxylic acids is 1. The third-order valence-electron chi connectivity index (χ3n) is 5.18. The van der Waals surface area contributed by atoms with Gasteiger partial charge in [-0.2, -0.15) is 5.10 Å². The third-order valence-corrected chi connectivity index (χ3v) is 5.18. The molecule has 1 aliphatic heterocycles. The molecule has 1 fully saturated rings. The maximum Gasteiger partial charge on any atom is 0.291 e. The van der Waals surface area contributed by atoms with Crippen LogP contribution in [0, 0.1) is 0 Å². The van der Waals surface area contributed by atoms with Gasteiger partial charge in [-0.05, 0) is 49.6 Å². The normalized spacial score (nSPS) is 16.8. The second-order valence-corrected chi connectivity index (χ2v) is 7.14. The summed E-state index contributed by atoms with van der Waals surface area (Å²) in [6.07, 6.45) is 4.65. The molecule has 3 heterocycles. The molecule has 1 amide bonds. The minimum absolute atomic E-state index is 0.0377. The van der Waals surface area contributed by atoms with Crippen LogP contribution in [0.15, 0.2) is 71.3 Å². The molecule has 0 bridgehead atoms. The topological polar surface area (TPSA) is 69.3 Å². The Kier molecular flexibility index (Phi) is 4.62. The Hall–Kier alpha value is -3.38.